The number of hydrogen-bond donors (Lipinski definition) is 1. The molecular weight excluding hydrogens is 310 g/mol. The number of amides is 1. The minimum absolute atomic E-state index is 0.0223. The molecule has 1 aliphatic rings. The summed E-state index contributed by atoms with van der Waals surface area (Å²) in [5.74, 6) is 0.869. The maximum atomic E-state index is 12.8. The van der Waals surface area contributed by atoms with Gasteiger partial charge in [-0.25, -0.2) is 0 Å². The molecule has 1 atom stereocenters. The average Bonchev–Trinajstić information content (AvgIpc) is 2.63. The summed E-state index contributed by atoms with van der Waals surface area (Å²) in [7, 11) is 0. The minimum Gasteiger partial charge on any atom is -0.487 e. The van der Waals surface area contributed by atoms with Gasteiger partial charge in [0.15, 0.2) is 0 Å². The zero-order valence-electron chi connectivity index (χ0n) is 15.6. The van der Waals surface area contributed by atoms with E-state index in [2.05, 4.69) is 32.2 Å². The molecule has 2 aromatic rings. The Bertz CT molecular complexity index is 777. The number of fused-ring (bicyclic) bond motifs is 1. The van der Waals surface area contributed by atoms with Crippen LogP contribution in [0.4, 0.5) is 0 Å². The van der Waals surface area contributed by atoms with E-state index in [4.69, 9.17) is 4.74 Å². The molecular formula is C22H27NO2. The number of aryl methyl sites for hydroxylation is 2. The van der Waals surface area contributed by atoms with Crippen molar-refractivity contribution in [3.8, 4) is 5.75 Å². The summed E-state index contributed by atoms with van der Waals surface area (Å²) < 4.78 is 6.32. The number of hydrogen-bond acceptors (Lipinski definition) is 2. The molecule has 2 aromatic carbocycles. The van der Waals surface area contributed by atoms with Crippen LogP contribution in [0.2, 0.25) is 0 Å². The number of carbonyl (C=O) groups excluding carboxylic acids is 1. The lowest BCUT2D eigenvalue weighted by Gasteiger charge is -2.41. The molecule has 132 valence electrons. The highest BCUT2D eigenvalue weighted by Gasteiger charge is 2.38. The van der Waals surface area contributed by atoms with Crippen LogP contribution in [0.3, 0.4) is 0 Å². The topological polar surface area (TPSA) is 38.3 Å². The van der Waals surface area contributed by atoms with Crippen molar-refractivity contribution in [2.24, 2.45) is 0 Å². The number of para-hydroxylation sites is 1. The molecule has 0 saturated carbocycles. The SMILES string of the molecule is CCC1(CC)CC(NC(=O)c2ccc(C)c(C)c2)c2ccccc2O1. The highest BCUT2D eigenvalue weighted by atomic mass is 16.5. The lowest BCUT2D eigenvalue weighted by molar-refractivity contribution is 0.0227. The van der Waals surface area contributed by atoms with Crippen molar-refractivity contribution in [2.75, 3.05) is 0 Å². The van der Waals surface area contributed by atoms with Crippen molar-refractivity contribution in [3.05, 3.63) is 64.7 Å². The number of rotatable bonds is 4. The van der Waals surface area contributed by atoms with Crippen molar-refractivity contribution in [2.45, 2.75) is 58.6 Å². The molecule has 1 heterocycles. The first-order chi connectivity index (χ1) is 12.0. The van der Waals surface area contributed by atoms with Crippen LogP contribution in [0, 0.1) is 13.8 Å². The quantitative estimate of drug-likeness (QED) is 0.841. The van der Waals surface area contributed by atoms with Crippen molar-refractivity contribution >= 4 is 5.91 Å². The van der Waals surface area contributed by atoms with Crippen molar-refractivity contribution in [3.63, 3.8) is 0 Å². The maximum Gasteiger partial charge on any atom is 0.251 e. The first-order valence-corrected chi connectivity index (χ1v) is 9.14. The Kier molecular flexibility index (Phi) is 4.85. The van der Waals surface area contributed by atoms with Crippen LogP contribution < -0.4 is 10.1 Å². The monoisotopic (exact) mass is 337 g/mol. The van der Waals surface area contributed by atoms with Crippen LogP contribution in [-0.4, -0.2) is 11.5 Å². The summed E-state index contributed by atoms with van der Waals surface area (Å²) in [6, 6.07) is 13.9. The van der Waals surface area contributed by atoms with Gasteiger partial charge in [0.2, 0.25) is 0 Å². The zero-order chi connectivity index (χ0) is 18.0. The van der Waals surface area contributed by atoms with Gasteiger partial charge in [-0.1, -0.05) is 38.1 Å². The third-order valence-corrected chi connectivity index (χ3v) is 5.56. The van der Waals surface area contributed by atoms with E-state index in [1.807, 2.05) is 43.3 Å². The summed E-state index contributed by atoms with van der Waals surface area (Å²) in [5, 5.41) is 3.24. The second kappa shape index (κ2) is 6.91. The minimum atomic E-state index is -0.213. The van der Waals surface area contributed by atoms with E-state index in [1.165, 1.54) is 5.56 Å². The number of nitrogens with one attached hydrogen (secondary N) is 1. The lowest BCUT2D eigenvalue weighted by atomic mass is 9.83. The molecule has 0 spiro atoms. The number of benzene rings is 2. The summed E-state index contributed by atoms with van der Waals surface area (Å²) in [5.41, 5.74) is 3.90. The van der Waals surface area contributed by atoms with Crippen molar-refractivity contribution in [1.82, 2.24) is 5.32 Å². The molecule has 3 nitrogen and oxygen atoms in total. The van der Waals surface area contributed by atoms with Gasteiger partial charge in [-0.05, 0) is 56.0 Å². The van der Waals surface area contributed by atoms with Gasteiger partial charge in [0, 0.05) is 17.5 Å². The van der Waals surface area contributed by atoms with E-state index in [-0.39, 0.29) is 17.6 Å². The zero-order valence-corrected chi connectivity index (χ0v) is 15.6. The third kappa shape index (κ3) is 3.41. The number of ether oxygens (including phenoxy) is 1. The Morgan fingerprint density at radius 3 is 2.52 bits per heavy atom. The molecule has 1 amide bonds. The highest BCUT2D eigenvalue weighted by molar-refractivity contribution is 5.94. The van der Waals surface area contributed by atoms with Gasteiger partial charge in [-0.3, -0.25) is 4.79 Å². The Hall–Kier alpha value is -2.29. The van der Waals surface area contributed by atoms with Crippen LogP contribution in [0.25, 0.3) is 0 Å². The van der Waals surface area contributed by atoms with Crippen LogP contribution in [-0.2, 0) is 0 Å². The van der Waals surface area contributed by atoms with Gasteiger partial charge in [-0.2, -0.15) is 0 Å². The van der Waals surface area contributed by atoms with Crippen molar-refractivity contribution in [1.29, 1.82) is 0 Å². The predicted molar refractivity (Wildman–Crippen MR) is 101 cm³/mol. The fourth-order valence-corrected chi connectivity index (χ4v) is 3.55. The summed E-state index contributed by atoms with van der Waals surface area (Å²) in [4.78, 5) is 12.8. The molecule has 3 rings (SSSR count). The molecule has 0 bridgehead atoms. The molecule has 1 N–H and O–H groups in total. The molecule has 25 heavy (non-hydrogen) atoms. The second-order valence-corrected chi connectivity index (χ2v) is 7.06. The Morgan fingerprint density at radius 1 is 1.12 bits per heavy atom. The normalized spacial score (nSPS) is 18.2. The van der Waals surface area contributed by atoms with E-state index >= 15 is 0 Å². The maximum absolute atomic E-state index is 12.8. The molecule has 0 radical (unpaired) electrons. The third-order valence-electron chi connectivity index (χ3n) is 5.56. The summed E-state index contributed by atoms with van der Waals surface area (Å²) in [6.45, 7) is 8.40. The summed E-state index contributed by atoms with van der Waals surface area (Å²) >= 11 is 0. The molecule has 0 aliphatic carbocycles. The molecule has 0 aromatic heterocycles. The Balaban J connectivity index is 1.89. The highest BCUT2D eigenvalue weighted by Crippen LogP contribution is 2.42. The predicted octanol–water partition coefficient (Wildman–Crippen LogP) is 5.12. The Morgan fingerprint density at radius 2 is 1.84 bits per heavy atom. The molecule has 1 unspecified atom stereocenters. The largest absolute Gasteiger partial charge is 0.487 e. The van der Waals surface area contributed by atoms with Gasteiger partial charge < -0.3 is 10.1 Å². The van der Waals surface area contributed by atoms with Crippen LogP contribution in [0.1, 0.15) is 66.2 Å². The second-order valence-electron chi connectivity index (χ2n) is 7.06. The number of carbonyl (C=O) groups is 1. The van der Waals surface area contributed by atoms with Gasteiger partial charge in [0.05, 0.1) is 6.04 Å². The first-order valence-electron chi connectivity index (χ1n) is 9.14. The van der Waals surface area contributed by atoms with Gasteiger partial charge >= 0.3 is 0 Å². The van der Waals surface area contributed by atoms with E-state index in [0.29, 0.717) is 5.56 Å². The van der Waals surface area contributed by atoms with Gasteiger partial charge in [0.1, 0.15) is 11.4 Å². The molecule has 3 heteroatoms. The van der Waals surface area contributed by atoms with Crippen LogP contribution >= 0.6 is 0 Å². The fraction of sp³-hybridized carbons (Fsp3) is 0.409. The lowest BCUT2D eigenvalue weighted by Crippen LogP contribution is -2.44. The van der Waals surface area contributed by atoms with E-state index < -0.39 is 0 Å². The molecule has 0 saturated heterocycles. The standard InChI is InChI=1S/C22H27NO2/c1-5-22(6-2)14-19(18-9-7-8-10-20(18)25-22)23-21(24)17-12-11-15(3)16(4)13-17/h7-13,19H,5-6,14H2,1-4H3,(H,23,24). The average molecular weight is 337 g/mol. The first kappa shape index (κ1) is 17.5. The van der Waals surface area contributed by atoms with E-state index in [1.54, 1.807) is 0 Å². The van der Waals surface area contributed by atoms with Crippen molar-refractivity contribution < 1.29 is 9.53 Å². The van der Waals surface area contributed by atoms with Gasteiger partial charge in [0.25, 0.3) is 5.91 Å². The smallest absolute Gasteiger partial charge is 0.251 e. The summed E-state index contributed by atoms with van der Waals surface area (Å²) in [6.07, 6.45) is 2.65. The van der Waals surface area contributed by atoms with Crippen LogP contribution in [0.15, 0.2) is 42.5 Å². The fourth-order valence-electron chi connectivity index (χ4n) is 3.55. The van der Waals surface area contributed by atoms with E-state index in [0.717, 1.165) is 36.1 Å². The molecule has 1 aliphatic heterocycles. The van der Waals surface area contributed by atoms with Crippen LogP contribution in [0.5, 0.6) is 5.75 Å². The van der Waals surface area contributed by atoms with Gasteiger partial charge in [-0.15, -0.1) is 0 Å². The van der Waals surface area contributed by atoms with E-state index in [9.17, 15) is 4.79 Å². The molecule has 0 fully saturated rings. The Labute approximate surface area is 150 Å².